The van der Waals surface area contributed by atoms with Crippen LogP contribution in [0, 0.1) is 11.8 Å². The molecule has 0 aliphatic carbocycles. The zero-order valence-electron chi connectivity index (χ0n) is 15.2. The summed E-state index contributed by atoms with van der Waals surface area (Å²) < 4.78 is 11.7. The van der Waals surface area contributed by atoms with Crippen molar-refractivity contribution in [1.82, 2.24) is 0 Å². The predicted octanol–water partition coefficient (Wildman–Crippen LogP) is 4.07. The van der Waals surface area contributed by atoms with Gasteiger partial charge in [0.05, 0.1) is 12.1 Å². The van der Waals surface area contributed by atoms with Gasteiger partial charge in [0, 0.05) is 11.1 Å². The Hall–Kier alpha value is -1.84. The highest BCUT2D eigenvalue weighted by atomic mass is 16.5. The maximum atomic E-state index is 5.84. The lowest BCUT2D eigenvalue weighted by atomic mass is 10.0. The highest BCUT2D eigenvalue weighted by Gasteiger charge is 2.26. The molecule has 24 heavy (non-hydrogen) atoms. The Bertz CT molecular complexity index is 587. The molecular weight excluding hydrogens is 300 g/mol. The van der Waals surface area contributed by atoms with Gasteiger partial charge in [-0.25, -0.2) is 9.98 Å². The lowest BCUT2D eigenvalue weighted by molar-refractivity contribution is 0.282. The molecule has 0 fully saturated rings. The molecule has 0 saturated heterocycles. The Morgan fingerprint density at radius 3 is 1.79 bits per heavy atom. The minimum Gasteiger partial charge on any atom is -0.475 e. The summed E-state index contributed by atoms with van der Waals surface area (Å²) in [5, 5.41) is 0. The van der Waals surface area contributed by atoms with Gasteiger partial charge in [0.1, 0.15) is 13.2 Å². The van der Waals surface area contributed by atoms with Crippen molar-refractivity contribution >= 4 is 11.8 Å². The van der Waals surface area contributed by atoms with Gasteiger partial charge in [0.15, 0.2) is 0 Å². The average Bonchev–Trinajstić information content (AvgIpc) is 3.30. The zero-order chi connectivity index (χ0) is 17.1. The Morgan fingerprint density at radius 1 is 0.917 bits per heavy atom. The minimum atomic E-state index is 0.267. The fourth-order valence-corrected chi connectivity index (χ4v) is 3.01. The van der Waals surface area contributed by atoms with Crippen molar-refractivity contribution in [1.29, 1.82) is 0 Å². The third-order valence-electron chi connectivity index (χ3n) is 5.31. The average molecular weight is 328 g/mol. The molecule has 2 aliphatic heterocycles. The van der Waals surface area contributed by atoms with E-state index in [9.17, 15) is 0 Å². The summed E-state index contributed by atoms with van der Waals surface area (Å²) in [6.45, 7) is 10.2. The molecule has 0 spiro atoms. The maximum absolute atomic E-state index is 5.84. The number of hydrogen-bond donors (Lipinski definition) is 0. The molecule has 2 unspecified atom stereocenters. The fraction of sp³-hybridized carbons (Fsp3) is 0.600. The van der Waals surface area contributed by atoms with E-state index < -0.39 is 0 Å². The molecule has 2 aliphatic rings. The van der Waals surface area contributed by atoms with Crippen LogP contribution >= 0.6 is 0 Å². The van der Waals surface area contributed by atoms with Gasteiger partial charge in [-0.15, -0.1) is 0 Å². The summed E-state index contributed by atoms with van der Waals surface area (Å²) in [6, 6.07) is 8.73. The van der Waals surface area contributed by atoms with Crippen LogP contribution in [-0.2, 0) is 9.47 Å². The second-order valence-corrected chi connectivity index (χ2v) is 6.98. The second-order valence-electron chi connectivity index (χ2n) is 6.98. The van der Waals surface area contributed by atoms with E-state index in [1.54, 1.807) is 0 Å². The van der Waals surface area contributed by atoms with Gasteiger partial charge in [0.25, 0.3) is 0 Å². The standard InChI is InChI=1S/C20H28N2O2/c1-5-13(3)17-11-23-19(21-17)15-8-7-9-16(10-15)20-22-18(12-24-20)14(4)6-2/h7-10,13-14,17-18H,5-6,11-12H2,1-4H3/t13-,14-,17?,18?/m0/s1. The minimum absolute atomic E-state index is 0.267. The summed E-state index contributed by atoms with van der Waals surface area (Å²) in [5.74, 6) is 2.59. The number of ether oxygens (including phenoxy) is 2. The summed E-state index contributed by atoms with van der Waals surface area (Å²) in [7, 11) is 0. The van der Waals surface area contributed by atoms with Crippen molar-refractivity contribution in [3.63, 3.8) is 0 Å². The molecular formula is C20H28N2O2. The topological polar surface area (TPSA) is 43.2 Å². The van der Waals surface area contributed by atoms with Crippen molar-refractivity contribution in [2.45, 2.75) is 52.6 Å². The van der Waals surface area contributed by atoms with Crippen LogP contribution in [0.3, 0.4) is 0 Å². The van der Waals surface area contributed by atoms with Crippen molar-refractivity contribution < 1.29 is 9.47 Å². The molecule has 4 heteroatoms. The second kappa shape index (κ2) is 7.37. The third-order valence-corrected chi connectivity index (χ3v) is 5.31. The van der Waals surface area contributed by atoms with Gasteiger partial charge in [0.2, 0.25) is 11.8 Å². The molecule has 3 rings (SSSR count). The van der Waals surface area contributed by atoms with E-state index in [0.717, 1.165) is 35.8 Å². The summed E-state index contributed by atoms with van der Waals surface area (Å²) in [4.78, 5) is 9.53. The normalized spacial score (nSPS) is 25.5. The van der Waals surface area contributed by atoms with Crippen LogP contribution in [0.2, 0.25) is 0 Å². The van der Waals surface area contributed by atoms with Crippen molar-refractivity contribution in [3.05, 3.63) is 35.4 Å². The van der Waals surface area contributed by atoms with E-state index in [1.165, 1.54) is 0 Å². The molecule has 0 aromatic heterocycles. The molecule has 130 valence electrons. The third kappa shape index (κ3) is 3.47. The molecule has 0 radical (unpaired) electrons. The molecule has 0 bridgehead atoms. The SMILES string of the molecule is CC[C@H](C)C1COC(c2cccc(C3=NC([C@@H](C)CC)CO3)c2)=N1. The van der Waals surface area contributed by atoms with Crippen molar-refractivity contribution in [2.24, 2.45) is 21.8 Å². The van der Waals surface area contributed by atoms with Crippen molar-refractivity contribution in [2.75, 3.05) is 13.2 Å². The highest BCUT2D eigenvalue weighted by Crippen LogP contribution is 2.23. The fourth-order valence-electron chi connectivity index (χ4n) is 3.01. The van der Waals surface area contributed by atoms with Gasteiger partial charge in [-0.2, -0.15) is 0 Å². The van der Waals surface area contributed by atoms with Crippen LogP contribution in [-0.4, -0.2) is 37.1 Å². The molecule has 4 nitrogen and oxygen atoms in total. The highest BCUT2D eigenvalue weighted by molar-refractivity contribution is 6.00. The molecule has 2 heterocycles. The van der Waals surface area contributed by atoms with E-state index in [0.29, 0.717) is 25.0 Å². The first-order chi connectivity index (χ1) is 11.6. The van der Waals surface area contributed by atoms with Gasteiger partial charge >= 0.3 is 0 Å². The van der Waals surface area contributed by atoms with Crippen LogP contribution in [0.1, 0.15) is 51.7 Å². The zero-order valence-corrected chi connectivity index (χ0v) is 15.2. The first kappa shape index (κ1) is 17.0. The smallest absolute Gasteiger partial charge is 0.216 e. The van der Waals surface area contributed by atoms with Crippen molar-refractivity contribution in [3.8, 4) is 0 Å². The van der Waals surface area contributed by atoms with Crippen LogP contribution in [0.25, 0.3) is 0 Å². The van der Waals surface area contributed by atoms with Gasteiger partial charge < -0.3 is 9.47 Å². The van der Waals surface area contributed by atoms with Gasteiger partial charge in [-0.3, -0.25) is 0 Å². The van der Waals surface area contributed by atoms with E-state index in [4.69, 9.17) is 19.5 Å². The van der Waals surface area contributed by atoms with Gasteiger partial charge in [-0.05, 0) is 30.0 Å². The summed E-state index contributed by atoms with van der Waals surface area (Å²) in [6.07, 6.45) is 2.24. The molecule has 0 N–H and O–H groups in total. The molecule has 1 aromatic rings. The molecule has 4 atom stereocenters. The van der Waals surface area contributed by atoms with E-state index in [1.807, 2.05) is 18.2 Å². The van der Waals surface area contributed by atoms with Crippen LogP contribution in [0.15, 0.2) is 34.3 Å². The number of nitrogens with zero attached hydrogens (tertiary/aromatic N) is 2. The lowest BCUT2D eigenvalue weighted by Gasteiger charge is -2.11. The summed E-state index contributed by atoms with van der Waals surface area (Å²) >= 11 is 0. The van der Waals surface area contributed by atoms with E-state index >= 15 is 0 Å². The lowest BCUT2D eigenvalue weighted by Crippen LogP contribution is -2.16. The Labute approximate surface area is 145 Å². The number of benzene rings is 1. The van der Waals surface area contributed by atoms with E-state index in [2.05, 4.69) is 33.8 Å². The number of rotatable bonds is 6. The Morgan fingerprint density at radius 2 is 1.38 bits per heavy atom. The quantitative estimate of drug-likeness (QED) is 0.790. The number of hydrogen-bond acceptors (Lipinski definition) is 4. The van der Waals surface area contributed by atoms with Gasteiger partial charge in [-0.1, -0.05) is 46.6 Å². The number of aliphatic imine (C=N–C) groups is 2. The van der Waals surface area contributed by atoms with Crippen LogP contribution < -0.4 is 0 Å². The largest absolute Gasteiger partial charge is 0.475 e. The first-order valence-electron chi connectivity index (χ1n) is 9.14. The Balaban J connectivity index is 1.78. The van der Waals surface area contributed by atoms with E-state index in [-0.39, 0.29) is 12.1 Å². The molecule has 0 saturated carbocycles. The molecule has 1 aromatic carbocycles. The molecule has 0 amide bonds. The van der Waals surface area contributed by atoms with Crippen LogP contribution in [0.5, 0.6) is 0 Å². The monoisotopic (exact) mass is 328 g/mol. The maximum Gasteiger partial charge on any atom is 0.216 e. The van der Waals surface area contributed by atoms with Crippen LogP contribution in [0.4, 0.5) is 0 Å². The predicted molar refractivity (Wildman–Crippen MR) is 97.9 cm³/mol. The first-order valence-corrected chi connectivity index (χ1v) is 9.14. The Kier molecular flexibility index (Phi) is 5.22. The summed E-state index contributed by atoms with van der Waals surface area (Å²) in [5.41, 5.74) is 2.02.